The van der Waals surface area contributed by atoms with Gasteiger partial charge in [-0.05, 0) is 12.8 Å². The number of hydrogen-bond donors (Lipinski definition) is 2. The van der Waals surface area contributed by atoms with Crippen LogP contribution in [0.2, 0.25) is 0 Å². The van der Waals surface area contributed by atoms with Gasteiger partial charge in [-0.2, -0.15) is 11.8 Å². The summed E-state index contributed by atoms with van der Waals surface area (Å²) in [6.07, 6.45) is 12.2. The average molecular weight is 252 g/mol. The fourth-order valence-corrected chi connectivity index (χ4v) is 4.11. The standard InChI is InChI=1S/C13H20N2OS/c1-2-3-4-5-6-7-8-11-12-10(9-17-11)14-13(16)15-12/h1,10-12H,3-9H2,(H2,14,15,16)/t10-,11-,12-/m0/s1. The molecule has 0 aromatic heterocycles. The van der Waals surface area contributed by atoms with E-state index in [9.17, 15) is 4.79 Å². The van der Waals surface area contributed by atoms with E-state index in [1.54, 1.807) is 0 Å². The summed E-state index contributed by atoms with van der Waals surface area (Å²) in [4.78, 5) is 11.2. The molecule has 0 bridgehead atoms. The van der Waals surface area contributed by atoms with E-state index in [1.165, 1.54) is 25.7 Å². The quantitative estimate of drug-likeness (QED) is 0.432. The van der Waals surface area contributed by atoms with Gasteiger partial charge in [0.25, 0.3) is 0 Å². The van der Waals surface area contributed by atoms with Crippen LogP contribution in [-0.2, 0) is 0 Å². The molecule has 0 aromatic carbocycles. The molecule has 2 aliphatic heterocycles. The number of carbonyl (C=O) groups excluding carboxylic acids is 1. The smallest absolute Gasteiger partial charge is 0.315 e. The second-order valence-electron chi connectivity index (χ2n) is 4.78. The van der Waals surface area contributed by atoms with Crippen LogP contribution in [0, 0.1) is 12.3 Å². The van der Waals surface area contributed by atoms with Gasteiger partial charge in [0.05, 0.1) is 12.1 Å². The highest BCUT2D eigenvalue weighted by atomic mass is 32.2. The van der Waals surface area contributed by atoms with E-state index >= 15 is 0 Å². The highest BCUT2D eigenvalue weighted by molar-refractivity contribution is 8.00. The molecule has 3 atom stereocenters. The van der Waals surface area contributed by atoms with Crippen LogP contribution in [0.1, 0.15) is 38.5 Å². The molecule has 0 aliphatic carbocycles. The molecule has 0 radical (unpaired) electrons. The molecule has 2 rings (SSSR count). The second-order valence-corrected chi connectivity index (χ2v) is 6.05. The van der Waals surface area contributed by atoms with Crippen LogP contribution in [0.15, 0.2) is 0 Å². The van der Waals surface area contributed by atoms with Crippen molar-refractivity contribution in [1.29, 1.82) is 0 Å². The topological polar surface area (TPSA) is 41.1 Å². The number of fused-ring (bicyclic) bond motifs is 1. The van der Waals surface area contributed by atoms with Crippen molar-refractivity contribution in [3.8, 4) is 12.3 Å². The molecule has 2 amide bonds. The molecule has 3 nitrogen and oxygen atoms in total. The molecule has 2 N–H and O–H groups in total. The Morgan fingerprint density at radius 1 is 1.29 bits per heavy atom. The summed E-state index contributed by atoms with van der Waals surface area (Å²) in [6.45, 7) is 0. The van der Waals surface area contributed by atoms with Crippen molar-refractivity contribution in [2.45, 2.75) is 55.9 Å². The SMILES string of the molecule is C#CCCCCCC[C@@H]1SC[C@@H]2NC(=O)N[C@@H]21. The van der Waals surface area contributed by atoms with Gasteiger partial charge in [0.2, 0.25) is 0 Å². The lowest BCUT2D eigenvalue weighted by atomic mass is 10.0. The van der Waals surface area contributed by atoms with Crippen molar-refractivity contribution in [1.82, 2.24) is 10.6 Å². The predicted molar refractivity (Wildman–Crippen MR) is 72.0 cm³/mol. The van der Waals surface area contributed by atoms with Gasteiger partial charge in [-0.1, -0.05) is 19.3 Å². The van der Waals surface area contributed by atoms with E-state index in [0.717, 1.165) is 18.6 Å². The zero-order chi connectivity index (χ0) is 12.1. The maximum absolute atomic E-state index is 11.2. The van der Waals surface area contributed by atoms with Crippen LogP contribution in [0.3, 0.4) is 0 Å². The first kappa shape index (κ1) is 12.6. The van der Waals surface area contributed by atoms with Gasteiger partial charge >= 0.3 is 6.03 Å². The fourth-order valence-electron chi connectivity index (χ4n) is 2.57. The summed E-state index contributed by atoms with van der Waals surface area (Å²) >= 11 is 2.00. The van der Waals surface area contributed by atoms with E-state index < -0.39 is 0 Å². The molecule has 0 unspecified atom stereocenters. The third kappa shape index (κ3) is 3.32. The summed E-state index contributed by atoms with van der Waals surface area (Å²) in [6, 6.07) is 0.733. The Morgan fingerprint density at radius 2 is 2.12 bits per heavy atom. The van der Waals surface area contributed by atoms with Gasteiger partial charge in [-0.3, -0.25) is 0 Å². The fraction of sp³-hybridized carbons (Fsp3) is 0.769. The molecule has 2 saturated heterocycles. The normalized spacial score (nSPS) is 30.5. The van der Waals surface area contributed by atoms with Crippen molar-refractivity contribution >= 4 is 17.8 Å². The lowest BCUT2D eigenvalue weighted by Crippen LogP contribution is -2.36. The zero-order valence-corrected chi connectivity index (χ0v) is 10.9. The van der Waals surface area contributed by atoms with E-state index in [4.69, 9.17) is 6.42 Å². The largest absolute Gasteiger partial charge is 0.332 e. The average Bonchev–Trinajstić information content (AvgIpc) is 2.83. The van der Waals surface area contributed by atoms with Crippen LogP contribution in [-0.4, -0.2) is 29.1 Å². The van der Waals surface area contributed by atoms with Crippen LogP contribution in [0.5, 0.6) is 0 Å². The molecule has 2 fully saturated rings. The van der Waals surface area contributed by atoms with Crippen molar-refractivity contribution in [2.75, 3.05) is 5.75 Å². The number of carbonyl (C=O) groups is 1. The molecule has 2 aliphatic rings. The van der Waals surface area contributed by atoms with Gasteiger partial charge < -0.3 is 10.6 Å². The van der Waals surface area contributed by atoms with Crippen molar-refractivity contribution in [3.63, 3.8) is 0 Å². The van der Waals surface area contributed by atoms with Gasteiger partial charge in [0.1, 0.15) is 0 Å². The molecule has 4 heteroatoms. The summed E-state index contributed by atoms with van der Waals surface area (Å²) in [5.74, 6) is 3.74. The number of hydrogen-bond acceptors (Lipinski definition) is 2. The third-order valence-corrected chi connectivity index (χ3v) is 5.01. The highest BCUT2D eigenvalue weighted by Gasteiger charge is 2.42. The summed E-state index contributed by atoms with van der Waals surface area (Å²) in [5.41, 5.74) is 0. The molecular weight excluding hydrogens is 232 g/mol. The minimum absolute atomic E-state index is 0.0133. The summed E-state index contributed by atoms with van der Waals surface area (Å²) < 4.78 is 0. The number of nitrogens with one attached hydrogen (secondary N) is 2. The van der Waals surface area contributed by atoms with Crippen molar-refractivity contribution < 1.29 is 4.79 Å². The Hall–Kier alpha value is -0.820. The van der Waals surface area contributed by atoms with Crippen molar-refractivity contribution in [2.24, 2.45) is 0 Å². The predicted octanol–water partition coefficient (Wildman–Crippen LogP) is 2.13. The van der Waals surface area contributed by atoms with E-state index in [2.05, 4.69) is 16.6 Å². The van der Waals surface area contributed by atoms with Crippen LogP contribution in [0.4, 0.5) is 4.79 Å². The molecule has 0 saturated carbocycles. The Bertz CT molecular complexity index is 313. The van der Waals surface area contributed by atoms with Crippen LogP contribution in [0.25, 0.3) is 0 Å². The second kappa shape index (κ2) is 6.20. The van der Waals surface area contributed by atoms with Crippen LogP contribution < -0.4 is 10.6 Å². The molecule has 17 heavy (non-hydrogen) atoms. The Balaban J connectivity index is 1.60. The summed E-state index contributed by atoms with van der Waals surface area (Å²) in [5, 5.41) is 6.60. The van der Waals surface area contributed by atoms with Crippen LogP contribution >= 0.6 is 11.8 Å². The molecule has 2 heterocycles. The van der Waals surface area contributed by atoms with E-state index in [1.807, 2.05) is 11.8 Å². The number of terminal acetylenes is 1. The number of amides is 2. The Kier molecular flexibility index (Phi) is 4.61. The zero-order valence-electron chi connectivity index (χ0n) is 10.1. The number of rotatable bonds is 6. The summed E-state index contributed by atoms with van der Waals surface area (Å²) in [7, 11) is 0. The first-order valence-corrected chi connectivity index (χ1v) is 7.48. The first-order chi connectivity index (χ1) is 8.31. The molecule has 0 aromatic rings. The van der Waals surface area contributed by atoms with E-state index in [0.29, 0.717) is 17.3 Å². The Morgan fingerprint density at radius 3 is 2.94 bits per heavy atom. The lowest BCUT2D eigenvalue weighted by Gasteiger charge is -2.16. The van der Waals surface area contributed by atoms with E-state index in [-0.39, 0.29) is 6.03 Å². The van der Waals surface area contributed by atoms with Gasteiger partial charge in [0, 0.05) is 17.4 Å². The molecule has 0 spiro atoms. The monoisotopic (exact) mass is 252 g/mol. The maximum atomic E-state index is 11.2. The number of urea groups is 1. The van der Waals surface area contributed by atoms with Gasteiger partial charge in [-0.25, -0.2) is 4.79 Å². The van der Waals surface area contributed by atoms with Gasteiger partial charge in [0.15, 0.2) is 0 Å². The number of unbranched alkanes of at least 4 members (excludes halogenated alkanes) is 4. The molecular formula is C13H20N2OS. The third-order valence-electron chi connectivity index (χ3n) is 3.50. The maximum Gasteiger partial charge on any atom is 0.315 e. The molecule has 94 valence electrons. The van der Waals surface area contributed by atoms with Gasteiger partial charge in [-0.15, -0.1) is 12.3 Å². The first-order valence-electron chi connectivity index (χ1n) is 6.43. The van der Waals surface area contributed by atoms with Crippen molar-refractivity contribution in [3.05, 3.63) is 0 Å². The Labute approximate surface area is 107 Å². The minimum atomic E-state index is 0.0133. The number of thioether (sulfide) groups is 1. The minimum Gasteiger partial charge on any atom is -0.332 e. The lowest BCUT2D eigenvalue weighted by molar-refractivity contribution is 0.247. The highest BCUT2D eigenvalue weighted by Crippen LogP contribution is 2.33.